The highest BCUT2D eigenvalue weighted by molar-refractivity contribution is 5.94. The number of hydrogen-bond acceptors (Lipinski definition) is 3. The molecule has 2 heterocycles. The van der Waals surface area contributed by atoms with Crippen LogP contribution in [-0.2, 0) is 4.79 Å². The number of nitrogens with zero attached hydrogens (tertiary/aromatic N) is 2. The number of likely N-dealkylation sites (tertiary alicyclic amines) is 1. The summed E-state index contributed by atoms with van der Waals surface area (Å²) in [7, 11) is 0. The summed E-state index contributed by atoms with van der Waals surface area (Å²) in [5.41, 5.74) is 0.786. The van der Waals surface area contributed by atoms with Crippen molar-refractivity contribution in [2.24, 2.45) is 5.92 Å². The average Bonchev–Trinajstić information content (AvgIpc) is 2.53. The van der Waals surface area contributed by atoms with E-state index in [0.29, 0.717) is 39.1 Å². The Bertz CT molecular complexity index is 552. The van der Waals surface area contributed by atoms with Gasteiger partial charge in [0.2, 0.25) is 0 Å². The fourth-order valence-electron chi connectivity index (χ4n) is 2.86. The van der Waals surface area contributed by atoms with Gasteiger partial charge in [-0.25, -0.2) is 4.79 Å². The van der Waals surface area contributed by atoms with Crippen molar-refractivity contribution in [3.8, 4) is 5.75 Å². The number of rotatable bonds is 1. The monoisotopic (exact) mass is 290 g/mol. The number of hydrogen-bond donors (Lipinski definition) is 1. The topological polar surface area (TPSA) is 70.1 Å². The van der Waals surface area contributed by atoms with Crippen molar-refractivity contribution in [1.82, 2.24) is 4.90 Å². The maximum atomic E-state index is 12.6. The average molecular weight is 290 g/mol. The molecule has 21 heavy (non-hydrogen) atoms. The van der Waals surface area contributed by atoms with Crippen LogP contribution in [-0.4, -0.2) is 48.2 Å². The maximum absolute atomic E-state index is 12.6. The number of urea groups is 1. The first-order valence-corrected chi connectivity index (χ1v) is 7.18. The molecule has 1 aromatic carbocycles. The summed E-state index contributed by atoms with van der Waals surface area (Å²) in [5, 5.41) is 9.01. The van der Waals surface area contributed by atoms with Gasteiger partial charge in [-0.15, -0.1) is 0 Å². The Morgan fingerprint density at radius 1 is 1.14 bits per heavy atom. The Morgan fingerprint density at radius 3 is 2.57 bits per heavy atom. The van der Waals surface area contributed by atoms with E-state index in [9.17, 15) is 9.59 Å². The number of carboxylic acids is 1. The molecule has 1 saturated heterocycles. The fourth-order valence-corrected chi connectivity index (χ4v) is 2.86. The highest BCUT2D eigenvalue weighted by atomic mass is 16.5. The van der Waals surface area contributed by atoms with Crippen LogP contribution in [0.2, 0.25) is 0 Å². The fraction of sp³-hybridized carbons (Fsp3) is 0.467. The van der Waals surface area contributed by atoms with Crippen LogP contribution in [0, 0.1) is 5.92 Å². The zero-order valence-electron chi connectivity index (χ0n) is 11.7. The van der Waals surface area contributed by atoms with E-state index in [1.54, 1.807) is 9.80 Å². The van der Waals surface area contributed by atoms with E-state index >= 15 is 0 Å². The predicted molar refractivity (Wildman–Crippen MR) is 76.6 cm³/mol. The van der Waals surface area contributed by atoms with E-state index < -0.39 is 5.97 Å². The van der Waals surface area contributed by atoms with Gasteiger partial charge >= 0.3 is 12.0 Å². The van der Waals surface area contributed by atoms with Crippen molar-refractivity contribution < 1.29 is 19.4 Å². The standard InChI is InChI=1S/C15H18N2O4/c18-14(19)11-5-7-16(8-6-11)15(20)17-9-10-21-13-4-2-1-3-12(13)17/h1-4,11H,5-10H2,(H,18,19). The summed E-state index contributed by atoms with van der Waals surface area (Å²) < 4.78 is 5.55. The predicted octanol–water partition coefficient (Wildman–Crippen LogP) is 1.80. The summed E-state index contributed by atoms with van der Waals surface area (Å²) in [6.45, 7) is 1.99. The summed E-state index contributed by atoms with van der Waals surface area (Å²) in [5.74, 6) is -0.373. The maximum Gasteiger partial charge on any atom is 0.324 e. The Morgan fingerprint density at radius 2 is 1.86 bits per heavy atom. The zero-order valence-corrected chi connectivity index (χ0v) is 11.7. The molecule has 0 radical (unpaired) electrons. The number of piperidine rings is 1. The van der Waals surface area contributed by atoms with Crippen molar-refractivity contribution in [3.63, 3.8) is 0 Å². The van der Waals surface area contributed by atoms with Crippen LogP contribution in [0.3, 0.4) is 0 Å². The van der Waals surface area contributed by atoms with Crippen LogP contribution < -0.4 is 9.64 Å². The van der Waals surface area contributed by atoms with E-state index in [0.717, 1.165) is 11.4 Å². The van der Waals surface area contributed by atoms with E-state index in [1.807, 2.05) is 24.3 Å². The molecule has 112 valence electrons. The molecule has 1 aromatic rings. The van der Waals surface area contributed by atoms with Crippen LogP contribution in [0.15, 0.2) is 24.3 Å². The summed E-state index contributed by atoms with van der Waals surface area (Å²) in [6.07, 6.45) is 1.04. The van der Waals surface area contributed by atoms with Crippen LogP contribution >= 0.6 is 0 Å². The molecule has 6 heteroatoms. The highest BCUT2D eigenvalue weighted by Crippen LogP contribution is 2.32. The summed E-state index contributed by atoms with van der Waals surface area (Å²) in [4.78, 5) is 27.1. The largest absolute Gasteiger partial charge is 0.490 e. The molecular formula is C15H18N2O4. The lowest BCUT2D eigenvalue weighted by Gasteiger charge is -2.36. The number of benzene rings is 1. The van der Waals surface area contributed by atoms with Crippen molar-refractivity contribution in [1.29, 1.82) is 0 Å². The Balaban J connectivity index is 1.71. The second kappa shape index (κ2) is 5.63. The van der Waals surface area contributed by atoms with Crippen LogP contribution in [0.1, 0.15) is 12.8 Å². The van der Waals surface area contributed by atoms with Gasteiger partial charge in [-0.2, -0.15) is 0 Å². The first kappa shape index (κ1) is 13.7. The molecule has 0 aromatic heterocycles. The molecule has 0 atom stereocenters. The van der Waals surface area contributed by atoms with Crippen molar-refractivity contribution in [3.05, 3.63) is 24.3 Å². The van der Waals surface area contributed by atoms with Gasteiger partial charge in [0.05, 0.1) is 18.2 Å². The lowest BCUT2D eigenvalue weighted by molar-refractivity contribution is -0.143. The van der Waals surface area contributed by atoms with Crippen molar-refractivity contribution >= 4 is 17.7 Å². The van der Waals surface area contributed by atoms with Gasteiger partial charge in [-0.3, -0.25) is 9.69 Å². The minimum atomic E-state index is -0.765. The van der Waals surface area contributed by atoms with E-state index in [4.69, 9.17) is 9.84 Å². The lowest BCUT2D eigenvalue weighted by Crippen LogP contribution is -2.49. The second-order valence-corrected chi connectivity index (χ2v) is 5.35. The Hall–Kier alpha value is -2.24. The lowest BCUT2D eigenvalue weighted by atomic mass is 9.97. The van der Waals surface area contributed by atoms with E-state index in [2.05, 4.69) is 0 Å². The molecule has 6 nitrogen and oxygen atoms in total. The number of amides is 2. The molecule has 1 fully saturated rings. The highest BCUT2D eigenvalue weighted by Gasteiger charge is 2.31. The third kappa shape index (κ3) is 2.66. The Labute approximate surface area is 122 Å². The van der Waals surface area contributed by atoms with Gasteiger partial charge < -0.3 is 14.7 Å². The molecule has 3 rings (SSSR count). The molecule has 2 aliphatic rings. The van der Waals surface area contributed by atoms with Gasteiger partial charge in [0.25, 0.3) is 0 Å². The number of carbonyl (C=O) groups excluding carboxylic acids is 1. The smallest absolute Gasteiger partial charge is 0.324 e. The number of ether oxygens (including phenoxy) is 1. The molecule has 0 unspecified atom stereocenters. The van der Waals surface area contributed by atoms with Gasteiger partial charge in [-0.05, 0) is 25.0 Å². The number of anilines is 1. The number of carbonyl (C=O) groups is 2. The quantitative estimate of drug-likeness (QED) is 0.856. The third-order valence-electron chi connectivity index (χ3n) is 4.07. The van der Waals surface area contributed by atoms with Crippen LogP contribution in [0.4, 0.5) is 10.5 Å². The van der Waals surface area contributed by atoms with Crippen LogP contribution in [0.5, 0.6) is 5.75 Å². The summed E-state index contributed by atoms with van der Waals surface area (Å²) in [6, 6.07) is 7.42. The molecule has 2 amide bonds. The van der Waals surface area contributed by atoms with E-state index in [-0.39, 0.29) is 11.9 Å². The van der Waals surface area contributed by atoms with Gasteiger partial charge in [-0.1, -0.05) is 12.1 Å². The normalized spacial score (nSPS) is 18.9. The zero-order chi connectivity index (χ0) is 14.8. The van der Waals surface area contributed by atoms with Crippen molar-refractivity contribution in [2.75, 3.05) is 31.1 Å². The SMILES string of the molecule is O=C(O)C1CCN(C(=O)N2CCOc3ccccc32)CC1. The molecule has 2 aliphatic heterocycles. The first-order valence-electron chi connectivity index (χ1n) is 7.18. The first-order chi connectivity index (χ1) is 10.2. The second-order valence-electron chi connectivity index (χ2n) is 5.35. The van der Waals surface area contributed by atoms with E-state index in [1.165, 1.54) is 0 Å². The minimum absolute atomic E-state index is 0.0606. The number of para-hydroxylation sites is 2. The number of fused-ring (bicyclic) bond motifs is 1. The Kier molecular flexibility index (Phi) is 3.68. The van der Waals surface area contributed by atoms with Gasteiger partial charge in [0.1, 0.15) is 12.4 Å². The van der Waals surface area contributed by atoms with Gasteiger partial charge in [0, 0.05) is 13.1 Å². The van der Waals surface area contributed by atoms with Crippen LogP contribution in [0.25, 0.3) is 0 Å². The number of aliphatic carboxylic acids is 1. The molecule has 0 bridgehead atoms. The molecule has 0 saturated carbocycles. The summed E-state index contributed by atoms with van der Waals surface area (Å²) >= 11 is 0. The molecular weight excluding hydrogens is 272 g/mol. The van der Waals surface area contributed by atoms with Crippen molar-refractivity contribution in [2.45, 2.75) is 12.8 Å². The molecule has 1 N–H and O–H groups in total. The van der Waals surface area contributed by atoms with Gasteiger partial charge in [0.15, 0.2) is 0 Å². The third-order valence-corrected chi connectivity index (χ3v) is 4.07. The minimum Gasteiger partial charge on any atom is -0.490 e. The number of carboxylic acid groups (broad SMARTS) is 1. The molecule has 0 spiro atoms. The molecule has 0 aliphatic carbocycles.